The highest BCUT2D eigenvalue weighted by atomic mass is 16.5. The van der Waals surface area contributed by atoms with Crippen LogP contribution in [0.15, 0.2) is 91.3 Å². The first kappa shape index (κ1) is 19.9. The van der Waals surface area contributed by atoms with Crippen molar-refractivity contribution in [1.82, 2.24) is 4.98 Å². The lowest BCUT2D eigenvalue weighted by Gasteiger charge is -2.07. The molecule has 3 N–H and O–H groups in total. The molecule has 4 rings (SSSR count). The van der Waals surface area contributed by atoms with E-state index in [2.05, 4.69) is 15.6 Å². The maximum Gasteiger partial charge on any atom is 0.355 e. The molecule has 2 aromatic carbocycles. The van der Waals surface area contributed by atoms with Gasteiger partial charge in [-0.1, -0.05) is 54.6 Å². The summed E-state index contributed by atoms with van der Waals surface area (Å²) in [5.41, 5.74) is 2.95. The Kier molecular flexibility index (Phi) is 5.75. The molecule has 2 heterocycles. The lowest BCUT2D eigenvalue weighted by molar-refractivity contribution is -0.594. The zero-order valence-corrected chi connectivity index (χ0v) is 16.8. The van der Waals surface area contributed by atoms with Crippen LogP contribution in [0, 0.1) is 0 Å². The number of nitrogens with zero attached hydrogens (tertiary/aromatic N) is 1. The number of hydrogen-bond acceptors (Lipinski definition) is 3. The minimum absolute atomic E-state index is 0.245. The van der Waals surface area contributed by atoms with Gasteiger partial charge in [0.15, 0.2) is 18.2 Å². The smallest absolute Gasteiger partial charge is 0.355 e. The van der Waals surface area contributed by atoms with Crippen LogP contribution in [0.3, 0.4) is 0 Å². The Morgan fingerprint density at radius 1 is 0.839 bits per heavy atom. The number of carbonyl (C=O) groups excluding carboxylic acids is 2. The van der Waals surface area contributed by atoms with E-state index >= 15 is 0 Å². The number of methoxy groups -OCH3 is 1. The van der Waals surface area contributed by atoms with Gasteiger partial charge in [-0.05, 0) is 17.7 Å². The number of aromatic amines is 1. The van der Waals surface area contributed by atoms with Crippen LogP contribution in [0.2, 0.25) is 0 Å². The molecule has 7 nitrogen and oxygen atoms in total. The number of ether oxygens (including phenoxy) is 1. The van der Waals surface area contributed by atoms with Gasteiger partial charge in [0.05, 0.1) is 12.7 Å². The number of amides is 2. The fourth-order valence-electron chi connectivity index (χ4n) is 3.32. The van der Waals surface area contributed by atoms with Crippen LogP contribution in [0.25, 0.3) is 16.8 Å². The van der Waals surface area contributed by atoms with Gasteiger partial charge in [0, 0.05) is 17.8 Å². The number of urea groups is 1. The third kappa shape index (κ3) is 4.30. The third-order valence-corrected chi connectivity index (χ3v) is 4.67. The Balaban J connectivity index is 1.83. The summed E-state index contributed by atoms with van der Waals surface area (Å²) in [7, 11) is 1.32. The normalized spacial score (nSPS) is 10.4. The maximum absolute atomic E-state index is 12.7. The van der Waals surface area contributed by atoms with Crippen molar-refractivity contribution >= 4 is 23.5 Å². The van der Waals surface area contributed by atoms with Crippen molar-refractivity contribution in [2.45, 2.75) is 0 Å². The SMILES string of the molecule is COC(=O)c1[nH]c(NC(=O)Nc2ccccc2)c(-[n+]2ccccc2)c1-c1ccccc1. The lowest BCUT2D eigenvalue weighted by Crippen LogP contribution is -2.32. The van der Waals surface area contributed by atoms with E-state index in [0.717, 1.165) is 5.56 Å². The summed E-state index contributed by atoms with van der Waals surface area (Å²) < 4.78 is 6.83. The molecule has 7 heteroatoms. The summed E-state index contributed by atoms with van der Waals surface area (Å²) in [5.74, 6) is -0.169. The number of esters is 1. The van der Waals surface area contributed by atoms with Crippen LogP contribution in [0.4, 0.5) is 16.3 Å². The number of aromatic nitrogens is 2. The number of anilines is 2. The number of nitrogens with one attached hydrogen (secondary N) is 3. The zero-order chi connectivity index (χ0) is 21.6. The van der Waals surface area contributed by atoms with Gasteiger partial charge in [-0.15, -0.1) is 0 Å². The molecule has 0 bridgehead atoms. The number of rotatable bonds is 5. The van der Waals surface area contributed by atoms with Crippen molar-refractivity contribution in [3.63, 3.8) is 0 Å². The highest BCUT2D eigenvalue weighted by Gasteiger charge is 2.31. The molecule has 154 valence electrons. The molecule has 31 heavy (non-hydrogen) atoms. The summed E-state index contributed by atoms with van der Waals surface area (Å²) in [6, 6.07) is 23.8. The third-order valence-electron chi connectivity index (χ3n) is 4.67. The van der Waals surface area contributed by atoms with Crippen molar-refractivity contribution in [3.8, 4) is 16.8 Å². The van der Waals surface area contributed by atoms with Crippen LogP contribution in [0.5, 0.6) is 0 Å². The predicted molar refractivity (Wildman–Crippen MR) is 118 cm³/mol. The van der Waals surface area contributed by atoms with E-state index in [1.165, 1.54) is 7.11 Å². The van der Waals surface area contributed by atoms with E-state index in [0.29, 0.717) is 22.8 Å². The van der Waals surface area contributed by atoms with Gasteiger partial charge in [0.2, 0.25) is 0 Å². The van der Waals surface area contributed by atoms with E-state index in [-0.39, 0.29) is 5.69 Å². The molecule has 0 atom stereocenters. The second-order valence-electron chi connectivity index (χ2n) is 6.68. The van der Waals surface area contributed by atoms with Crippen molar-refractivity contribution in [2.75, 3.05) is 17.7 Å². The molecule has 0 aliphatic rings. The number of hydrogen-bond donors (Lipinski definition) is 3. The minimum Gasteiger partial charge on any atom is -0.464 e. The van der Waals surface area contributed by atoms with Gasteiger partial charge in [-0.2, -0.15) is 4.57 Å². The highest BCUT2D eigenvalue weighted by molar-refractivity contribution is 6.05. The molecule has 0 saturated carbocycles. The molecule has 0 radical (unpaired) electrons. The summed E-state index contributed by atoms with van der Waals surface area (Å²) in [4.78, 5) is 28.3. The van der Waals surface area contributed by atoms with Crippen LogP contribution in [0.1, 0.15) is 10.5 Å². The fraction of sp³-hybridized carbons (Fsp3) is 0.0417. The van der Waals surface area contributed by atoms with Gasteiger partial charge < -0.3 is 15.0 Å². The average Bonchev–Trinajstić information content (AvgIpc) is 3.19. The molecular formula is C24H21N4O3+. The molecule has 0 fully saturated rings. The first-order chi connectivity index (χ1) is 15.2. The molecule has 4 aromatic rings. The van der Waals surface area contributed by atoms with Crippen LogP contribution >= 0.6 is 0 Å². The molecule has 0 aliphatic carbocycles. The fourth-order valence-corrected chi connectivity index (χ4v) is 3.32. The Labute approximate surface area is 179 Å². The van der Waals surface area contributed by atoms with Gasteiger partial charge in [0.25, 0.3) is 5.69 Å². The van der Waals surface area contributed by atoms with Gasteiger partial charge in [0.1, 0.15) is 5.69 Å². The van der Waals surface area contributed by atoms with Crippen LogP contribution < -0.4 is 15.2 Å². The first-order valence-corrected chi connectivity index (χ1v) is 9.67. The first-order valence-electron chi connectivity index (χ1n) is 9.67. The Morgan fingerprint density at radius 3 is 2.10 bits per heavy atom. The topological polar surface area (TPSA) is 87.1 Å². The number of benzene rings is 2. The molecular weight excluding hydrogens is 392 g/mol. The Morgan fingerprint density at radius 2 is 1.45 bits per heavy atom. The van der Waals surface area contributed by atoms with Crippen molar-refractivity contribution in [3.05, 3.63) is 97.0 Å². The van der Waals surface area contributed by atoms with Gasteiger partial charge in [-0.3, -0.25) is 5.32 Å². The molecule has 0 aliphatic heterocycles. The monoisotopic (exact) mass is 413 g/mol. The van der Waals surface area contributed by atoms with E-state index in [4.69, 9.17) is 4.74 Å². The number of para-hydroxylation sites is 1. The van der Waals surface area contributed by atoms with Gasteiger partial charge in [-0.25, -0.2) is 9.59 Å². The van der Waals surface area contributed by atoms with E-state index < -0.39 is 12.0 Å². The number of pyridine rings is 1. The van der Waals surface area contributed by atoms with E-state index in [9.17, 15) is 9.59 Å². The predicted octanol–water partition coefficient (Wildman–Crippen LogP) is 4.39. The van der Waals surface area contributed by atoms with Crippen LogP contribution in [-0.4, -0.2) is 24.1 Å². The quantitative estimate of drug-likeness (QED) is 0.335. The molecule has 0 spiro atoms. The Hall–Kier alpha value is -4.39. The number of H-pyrrole nitrogens is 1. The second-order valence-corrected chi connectivity index (χ2v) is 6.68. The summed E-state index contributed by atoms with van der Waals surface area (Å²) in [6.45, 7) is 0. The lowest BCUT2D eigenvalue weighted by atomic mass is 10.0. The Bertz CT molecular complexity index is 1190. The van der Waals surface area contributed by atoms with Crippen molar-refractivity contribution < 1.29 is 18.9 Å². The standard InChI is InChI=1S/C24H20N4O3/c1-31-23(29)20-19(17-11-5-2-6-12-17)21(28-15-9-4-10-16-28)22(26-20)27-24(30)25-18-13-7-3-8-14-18/h2-16H,1H3,(H2-,25,26,27,29,30)/p+1. The van der Waals surface area contributed by atoms with E-state index in [1.807, 2.05) is 83.7 Å². The average molecular weight is 413 g/mol. The van der Waals surface area contributed by atoms with E-state index in [1.54, 1.807) is 12.1 Å². The second kappa shape index (κ2) is 8.96. The van der Waals surface area contributed by atoms with Crippen molar-refractivity contribution in [2.24, 2.45) is 0 Å². The number of carbonyl (C=O) groups is 2. The van der Waals surface area contributed by atoms with Gasteiger partial charge >= 0.3 is 12.0 Å². The summed E-state index contributed by atoms with van der Waals surface area (Å²) >= 11 is 0. The maximum atomic E-state index is 12.7. The summed E-state index contributed by atoms with van der Waals surface area (Å²) in [5, 5.41) is 5.62. The zero-order valence-electron chi connectivity index (χ0n) is 16.8. The molecule has 2 amide bonds. The minimum atomic E-state index is -0.534. The summed E-state index contributed by atoms with van der Waals surface area (Å²) in [6.07, 6.45) is 3.69. The molecule has 0 unspecified atom stereocenters. The van der Waals surface area contributed by atoms with Crippen LogP contribution in [-0.2, 0) is 4.74 Å². The van der Waals surface area contributed by atoms with Crippen molar-refractivity contribution in [1.29, 1.82) is 0 Å². The highest BCUT2D eigenvalue weighted by Crippen LogP contribution is 2.34. The largest absolute Gasteiger partial charge is 0.464 e. The molecule has 2 aromatic heterocycles. The molecule has 0 saturated heterocycles.